The van der Waals surface area contributed by atoms with Gasteiger partial charge in [0.15, 0.2) is 0 Å². The van der Waals surface area contributed by atoms with E-state index in [-0.39, 0.29) is 11.3 Å². The predicted octanol–water partition coefficient (Wildman–Crippen LogP) is 4.67. The number of benzene rings is 2. The standard InChI is InChI=1S/C20H12F3N3O/c21-20(22,23)14-9-10-24-17(11-14)12-5-7-13(8-6-12)18-25-16-4-2-1-3-15(16)19(27)26-18/h1-11H,(H,25,26,27). The van der Waals surface area contributed by atoms with Crippen molar-refractivity contribution in [3.8, 4) is 22.6 Å². The fourth-order valence-electron chi connectivity index (χ4n) is 2.79. The second kappa shape index (κ2) is 6.35. The topological polar surface area (TPSA) is 58.6 Å². The molecule has 0 unspecified atom stereocenters. The summed E-state index contributed by atoms with van der Waals surface area (Å²) >= 11 is 0. The number of hydrogen-bond donors (Lipinski definition) is 1. The first-order valence-electron chi connectivity index (χ1n) is 8.05. The van der Waals surface area contributed by atoms with E-state index in [2.05, 4.69) is 15.0 Å². The average Bonchev–Trinajstić information content (AvgIpc) is 2.67. The molecule has 0 bridgehead atoms. The Bertz CT molecular complexity index is 1180. The lowest BCUT2D eigenvalue weighted by Crippen LogP contribution is -2.09. The minimum absolute atomic E-state index is 0.219. The molecule has 2 aromatic carbocycles. The lowest BCUT2D eigenvalue weighted by molar-refractivity contribution is -0.137. The van der Waals surface area contributed by atoms with E-state index in [1.54, 1.807) is 48.5 Å². The number of hydrogen-bond acceptors (Lipinski definition) is 3. The summed E-state index contributed by atoms with van der Waals surface area (Å²) in [5, 5.41) is 0.492. The van der Waals surface area contributed by atoms with Gasteiger partial charge >= 0.3 is 6.18 Å². The van der Waals surface area contributed by atoms with Crippen molar-refractivity contribution in [2.45, 2.75) is 6.18 Å². The van der Waals surface area contributed by atoms with Crippen molar-refractivity contribution in [3.63, 3.8) is 0 Å². The van der Waals surface area contributed by atoms with Crippen molar-refractivity contribution < 1.29 is 13.2 Å². The van der Waals surface area contributed by atoms with Gasteiger partial charge in [-0.1, -0.05) is 36.4 Å². The molecule has 4 rings (SSSR count). The van der Waals surface area contributed by atoms with E-state index < -0.39 is 11.7 Å². The number of halogens is 3. The fourth-order valence-corrected chi connectivity index (χ4v) is 2.79. The molecule has 0 radical (unpaired) electrons. The van der Waals surface area contributed by atoms with Crippen LogP contribution in [0.4, 0.5) is 13.2 Å². The Hall–Kier alpha value is -3.48. The second-order valence-electron chi connectivity index (χ2n) is 5.94. The highest BCUT2D eigenvalue weighted by atomic mass is 19.4. The molecule has 0 aliphatic heterocycles. The van der Waals surface area contributed by atoms with Gasteiger partial charge in [0.05, 0.1) is 22.2 Å². The molecule has 0 aliphatic rings. The van der Waals surface area contributed by atoms with E-state index in [1.807, 2.05) is 0 Å². The Balaban J connectivity index is 1.72. The summed E-state index contributed by atoms with van der Waals surface area (Å²) in [6.45, 7) is 0. The van der Waals surface area contributed by atoms with Crippen LogP contribution in [0.25, 0.3) is 33.5 Å². The zero-order valence-corrected chi connectivity index (χ0v) is 13.8. The predicted molar refractivity (Wildman–Crippen MR) is 96.0 cm³/mol. The number of alkyl halides is 3. The van der Waals surface area contributed by atoms with E-state index in [0.29, 0.717) is 27.9 Å². The lowest BCUT2D eigenvalue weighted by atomic mass is 10.1. The van der Waals surface area contributed by atoms with Crippen molar-refractivity contribution >= 4 is 10.9 Å². The largest absolute Gasteiger partial charge is 0.416 e. The minimum Gasteiger partial charge on any atom is -0.306 e. The van der Waals surface area contributed by atoms with Gasteiger partial charge in [-0.05, 0) is 24.3 Å². The number of pyridine rings is 1. The zero-order valence-electron chi connectivity index (χ0n) is 13.8. The maximum absolute atomic E-state index is 12.9. The van der Waals surface area contributed by atoms with Crippen LogP contribution in [0.1, 0.15) is 5.56 Å². The molecule has 134 valence electrons. The molecule has 0 aliphatic carbocycles. The number of para-hydroxylation sites is 1. The van der Waals surface area contributed by atoms with Gasteiger partial charge in [-0.25, -0.2) is 4.98 Å². The summed E-state index contributed by atoms with van der Waals surface area (Å²) in [6.07, 6.45) is -3.29. The third-order valence-electron chi connectivity index (χ3n) is 4.15. The van der Waals surface area contributed by atoms with Crippen LogP contribution < -0.4 is 5.56 Å². The highest BCUT2D eigenvalue weighted by Crippen LogP contribution is 2.31. The molecule has 0 saturated heterocycles. The van der Waals surface area contributed by atoms with Gasteiger partial charge in [0, 0.05) is 17.3 Å². The molecule has 0 fully saturated rings. The first-order valence-corrected chi connectivity index (χ1v) is 8.05. The van der Waals surface area contributed by atoms with Gasteiger partial charge in [0.25, 0.3) is 5.56 Å². The number of aromatic nitrogens is 3. The summed E-state index contributed by atoms with van der Waals surface area (Å²) in [6, 6.07) is 15.6. The van der Waals surface area contributed by atoms with Crippen LogP contribution in [0.2, 0.25) is 0 Å². The van der Waals surface area contributed by atoms with Crippen LogP contribution in [-0.2, 0) is 6.18 Å². The van der Waals surface area contributed by atoms with Crippen molar-refractivity contribution in [2.24, 2.45) is 0 Å². The smallest absolute Gasteiger partial charge is 0.306 e. The molecule has 27 heavy (non-hydrogen) atoms. The Morgan fingerprint density at radius 1 is 0.889 bits per heavy atom. The molecule has 2 heterocycles. The van der Waals surface area contributed by atoms with Crippen LogP contribution in [0.3, 0.4) is 0 Å². The van der Waals surface area contributed by atoms with E-state index >= 15 is 0 Å². The van der Waals surface area contributed by atoms with E-state index in [4.69, 9.17) is 0 Å². The van der Waals surface area contributed by atoms with Crippen molar-refractivity contribution in [2.75, 3.05) is 0 Å². The van der Waals surface area contributed by atoms with Crippen LogP contribution in [0.15, 0.2) is 71.7 Å². The summed E-state index contributed by atoms with van der Waals surface area (Å²) in [5.41, 5.74) is 0.967. The lowest BCUT2D eigenvalue weighted by Gasteiger charge is -2.09. The Kier molecular flexibility index (Phi) is 3.99. The highest BCUT2D eigenvalue weighted by molar-refractivity contribution is 5.79. The van der Waals surface area contributed by atoms with Gasteiger partial charge in [0.1, 0.15) is 5.82 Å². The van der Waals surface area contributed by atoms with Gasteiger partial charge in [0.2, 0.25) is 0 Å². The Labute approximate surface area is 151 Å². The Morgan fingerprint density at radius 3 is 2.33 bits per heavy atom. The first-order chi connectivity index (χ1) is 12.9. The third kappa shape index (κ3) is 3.31. The van der Waals surface area contributed by atoms with E-state index in [0.717, 1.165) is 18.3 Å². The van der Waals surface area contributed by atoms with Crippen molar-refractivity contribution in [1.82, 2.24) is 15.0 Å². The van der Waals surface area contributed by atoms with Crippen LogP contribution in [0, 0.1) is 0 Å². The molecular weight excluding hydrogens is 355 g/mol. The fraction of sp³-hybridized carbons (Fsp3) is 0.0500. The monoisotopic (exact) mass is 367 g/mol. The molecular formula is C20H12F3N3O. The van der Waals surface area contributed by atoms with Crippen LogP contribution >= 0.6 is 0 Å². The van der Waals surface area contributed by atoms with Gasteiger partial charge < -0.3 is 4.98 Å². The summed E-state index contributed by atoms with van der Waals surface area (Å²) in [4.78, 5) is 23.3. The molecule has 4 aromatic rings. The number of nitrogens with zero attached hydrogens (tertiary/aromatic N) is 2. The third-order valence-corrected chi connectivity index (χ3v) is 4.15. The molecule has 7 heteroatoms. The molecule has 2 aromatic heterocycles. The highest BCUT2D eigenvalue weighted by Gasteiger charge is 2.30. The Morgan fingerprint density at radius 2 is 1.59 bits per heavy atom. The van der Waals surface area contributed by atoms with Crippen molar-refractivity contribution in [1.29, 1.82) is 0 Å². The maximum atomic E-state index is 12.9. The molecule has 0 atom stereocenters. The number of aromatic amines is 1. The maximum Gasteiger partial charge on any atom is 0.416 e. The second-order valence-corrected chi connectivity index (χ2v) is 5.94. The van der Waals surface area contributed by atoms with Gasteiger partial charge in [-0.15, -0.1) is 0 Å². The van der Waals surface area contributed by atoms with Gasteiger partial charge in [-0.2, -0.15) is 13.2 Å². The van der Waals surface area contributed by atoms with Gasteiger partial charge in [-0.3, -0.25) is 9.78 Å². The molecule has 1 N–H and O–H groups in total. The first kappa shape index (κ1) is 17.0. The number of rotatable bonds is 2. The van der Waals surface area contributed by atoms with E-state index in [9.17, 15) is 18.0 Å². The van der Waals surface area contributed by atoms with Crippen LogP contribution in [-0.4, -0.2) is 15.0 Å². The number of H-pyrrole nitrogens is 1. The quantitative estimate of drug-likeness (QED) is 0.560. The van der Waals surface area contributed by atoms with Crippen molar-refractivity contribution in [3.05, 3.63) is 82.8 Å². The zero-order chi connectivity index (χ0) is 19.0. The molecule has 0 amide bonds. The summed E-state index contributed by atoms with van der Waals surface area (Å²) in [7, 11) is 0. The number of fused-ring (bicyclic) bond motifs is 1. The number of nitrogens with one attached hydrogen (secondary N) is 1. The normalized spacial score (nSPS) is 11.7. The summed E-state index contributed by atoms with van der Waals surface area (Å²) < 4.78 is 38.6. The van der Waals surface area contributed by atoms with Crippen LogP contribution in [0.5, 0.6) is 0 Å². The average molecular weight is 367 g/mol. The molecule has 0 spiro atoms. The summed E-state index contributed by atoms with van der Waals surface area (Å²) in [5.74, 6) is 0.391. The molecule has 0 saturated carbocycles. The molecule has 4 nitrogen and oxygen atoms in total. The SMILES string of the molecule is O=c1[nH]c(-c2ccc(-c3cc(C(F)(F)F)ccn3)cc2)nc2ccccc12. The van der Waals surface area contributed by atoms with E-state index in [1.165, 1.54) is 0 Å². The minimum atomic E-state index is -4.42.